The van der Waals surface area contributed by atoms with E-state index >= 15 is 0 Å². The van der Waals surface area contributed by atoms with Gasteiger partial charge in [0.1, 0.15) is 16.5 Å². The molecule has 1 unspecified atom stereocenters. The molecule has 1 aliphatic heterocycles. The second-order valence-corrected chi connectivity index (χ2v) is 8.18. The summed E-state index contributed by atoms with van der Waals surface area (Å²) >= 11 is 4.58. The summed E-state index contributed by atoms with van der Waals surface area (Å²) in [5.41, 5.74) is 0. The lowest BCUT2D eigenvalue weighted by atomic mass is 10.3. The van der Waals surface area contributed by atoms with E-state index in [1.807, 2.05) is 0 Å². The van der Waals surface area contributed by atoms with E-state index in [9.17, 15) is 17.2 Å². The van der Waals surface area contributed by atoms with Gasteiger partial charge >= 0.3 is 0 Å². The molecule has 1 aromatic carbocycles. The van der Waals surface area contributed by atoms with E-state index in [2.05, 4.69) is 15.9 Å². The number of hydrogen-bond acceptors (Lipinski definition) is 3. The Balaban J connectivity index is 2.44. The molecular weight excluding hydrogens is 360 g/mol. The lowest BCUT2D eigenvalue weighted by Crippen LogP contribution is -2.37. The van der Waals surface area contributed by atoms with E-state index in [1.54, 1.807) is 11.8 Å². The van der Waals surface area contributed by atoms with Gasteiger partial charge in [-0.25, -0.2) is 17.2 Å². The third-order valence-electron chi connectivity index (χ3n) is 3.02. The molecule has 0 radical (unpaired) electrons. The van der Waals surface area contributed by atoms with E-state index in [1.165, 1.54) is 11.4 Å². The number of sulfonamides is 1. The monoisotopic (exact) mass is 371 g/mol. The SMILES string of the molecule is CN(C1CCSC1)S(=O)(=O)c1c(F)cc(F)cc1Br. The maximum Gasteiger partial charge on any atom is 0.247 e. The molecule has 19 heavy (non-hydrogen) atoms. The van der Waals surface area contributed by atoms with Crippen LogP contribution < -0.4 is 0 Å². The maximum absolute atomic E-state index is 13.8. The normalized spacial score (nSPS) is 20.2. The summed E-state index contributed by atoms with van der Waals surface area (Å²) in [5.74, 6) is -0.319. The lowest BCUT2D eigenvalue weighted by molar-refractivity contribution is 0.391. The van der Waals surface area contributed by atoms with E-state index in [0.29, 0.717) is 11.8 Å². The van der Waals surface area contributed by atoms with Crippen molar-refractivity contribution >= 4 is 37.7 Å². The van der Waals surface area contributed by atoms with Crippen LogP contribution in [0, 0.1) is 11.6 Å². The zero-order valence-electron chi connectivity index (χ0n) is 10.1. The molecule has 0 N–H and O–H groups in total. The van der Waals surface area contributed by atoms with Crippen molar-refractivity contribution in [2.75, 3.05) is 18.6 Å². The molecule has 1 fully saturated rings. The molecule has 0 amide bonds. The first-order valence-electron chi connectivity index (χ1n) is 5.54. The van der Waals surface area contributed by atoms with Crippen molar-refractivity contribution in [1.29, 1.82) is 0 Å². The number of rotatable bonds is 3. The van der Waals surface area contributed by atoms with Crippen molar-refractivity contribution in [3.05, 3.63) is 28.2 Å². The second kappa shape index (κ2) is 5.67. The summed E-state index contributed by atoms with van der Waals surface area (Å²) in [4.78, 5) is -0.506. The van der Waals surface area contributed by atoms with Gasteiger partial charge in [0.2, 0.25) is 10.0 Å². The summed E-state index contributed by atoms with van der Waals surface area (Å²) in [5, 5.41) is 0. The molecule has 0 saturated carbocycles. The van der Waals surface area contributed by atoms with Crippen LogP contribution in [0.15, 0.2) is 21.5 Å². The highest BCUT2D eigenvalue weighted by molar-refractivity contribution is 9.10. The first-order chi connectivity index (χ1) is 8.84. The number of thioether (sulfide) groups is 1. The van der Waals surface area contributed by atoms with Gasteiger partial charge in [-0.15, -0.1) is 0 Å². The molecule has 1 atom stereocenters. The van der Waals surface area contributed by atoms with Crippen LogP contribution in [0.3, 0.4) is 0 Å². The second-order valence-electron chi connectivity index (χ2n) is 4.24. The summed E-state index contributed by atoms with van der Waals surface area (Å²) in [6.45, 7) is 0. The molecule has 1 aliphatic rings. The summed E-state index contributed by atoms with van der Waals surface area (Å²) < 4.78 is 52.7. The van der Waals surface area contributed by atoms with Crippen LogP contribution in [0.5, 0.6) is 0 Å². The molecule has 1 heterocycles. The summed E-state index contributed by atoms with van der Waals surface area (Å²) in [6.07, 6.45) is 0.737. The van der Waals surface area contributed by atoms with Gasteiger partial charge < -0.3 is 0 Å². The zero-order valence-corrected chi connectivity index (χ0v) is 13.3. The number of halogens is 3. The average molecular weight is 372 g/mol. The molecule has 2 rings (SSSR count). The Hall–Kier alpha value is -0.180. The van der Waals surface area contributed by atoms with E-state index in [0.717, 1.165) is 18.2 Å². The zero-order chi connectivity index (χ0) is 14.2. The topological polar surface area (TPSA) is 37.4 Å². The van der Waals surface area contributed by atoms with Gasteiger partial charge in [-0.1, -0.05) is 0 Å². The van der Waals surface area contributed by atoms with Crippen LogP contribution in [0.1, 0.15) is 6.42 Å². The Labute approximate surface area is 123 Å². The first-order valence-corrected chi connectivity index (χ1v) is 8.93. The highest BCUT2D eigenvalue weighted by Gasteiger charge is 2.33. The minimum atomic E-state index is -3.97. The van der Waals surface area contributed by atoms with Gasteiger partial charge in [0.25, 0.3) is 0 Å². The predicted octanol–water partition coefficient (Wildman–Crippen LogP) is 2.85. The van der Waals surface area contributed by atoms with Crippen molar-refractivity contribution in [2.45, 2.75) is 17.4 Å². The fraction of sp³-hybridized carbons (Fsp3) is 0.455. The van der Waals surface area contributed by atoms with Crippen LogP contribution >= 0.6 is 27.7 Å². The predicted molar refractivity (Wildman–Crippen MR) is 74.7 cm³/mol. The van der Waals surface area contributed by atoms with E-state index < -0.39 is 26.6 Å². The Morgan fingerprint density at radius 1 is 1.42 bits per heavy atom. The first kappa shape index (κ1) is 15.2. The molecule has 1 aromatic rings. The average Bonchev–Trinajstić information content (AvgIpc) is 2.78. The molecule has 0 bridgehead atoms. The number of benzene rings is 1. The summed E-state index contributed by atoms with van der Waals surface area (Å²) in [7, 11) is -2.54. The largest absolute Gasteiger partial charge is 0.247 e. The Morgan fingerprint density at radius 2 is 2.11 bits per heavy atom. The minimum Gasteiger partial charge on any atom is -0.207 e. The minimum absolute atomic E-state index is 0.0949. The summed E-state index contributed by atoms with van der Waals surface area (Å²) in [6, 6.07) is 1.38. The number of hydrogen-bond donors (Lipinski definition) is 0. The fourth-order valence-corrected chi connectivity index (χ4v) is 5.78. The van der Waals surface area contributed by atoms with Gasteiger partial charge in [-0.2, -0.15) is 16.1 Å². The smallest absolute Gasteiger partial charge is 0.207 e. The highest BCUT2D eigenvalue weighted by atomic mass is 79.9. The lowest BCUT2D eigenvalue weighted by Gasteiger charge is -2.23. The number of nitrogens with zero attached hydrogens (tertiary/aromatic N) is 1. The molecule has 106 valence electrons. The van der Waals surface area contributed by atoms with Crippen molar-refractivity contribution in [2.24, 2.45) is 0 Å². The fourth-order valence-electron chi connectivity index (χ4n) is 1.92. The van der Waals surface area contributed by atoms with E-state index in [4.69, 9.17) is 0 Å². The van der Waals surface area contributed by atoms with E-state index in [-0.39, 0.29) is 10.5 Å². The standard InChI is InChI=1S/C11H12BrF2NO2S2/c1-15(8-2-3-18-6-8)19(16,17)11-9(12)4-7(13)5-10(11)14/h4-5,8H,2-3,6H2,1H3. The molecule has 0 spiro atoms. The van der Waals surface area contributed by atoms with Crippen LogP contribution in [-0.4, -0.2) is 37.3 Å². The van der Waals surface area contributed by atoms with Crippen molar-refractivity contribution in [1.82, 2.24) is 4.31 Å². The Morgan fingerprint density at radius 3 is 2.63 bits per heavy atom. The third kappa shape index (κ3) is 2.96. The molecule has 0 aromatic heterocycles. The molecule has 0 aliphatic carbocycles. The van der Waals surface area contributed by atoms with Gasteiger partial charge in [-0.3, -0.25) is 0 Å². The van der Waals surface area contributed by atoms with Gasteiger partial charge in [-0.05, 0) is 34.2 Å². The van der Waals surface area contributed by atoms with Gasteiger partial charge in [0.15, 0.2) is 0 Å². The highest BCUT2D eigenvalue weighted by Crippen LogP contribution is 2.31. The Kier molecular flexibility index (Phi) is 4.54. The molecule has 1 saturated heterocycles. The van der Waals surface area contributed by atoms with Crippen LogP contribution in [-0.2, 0) is 10.0 Å². The van der Waals surface area contributed by atoms with Crippen LogP contribution in [0.4, 0.5) is 8.78 Å². The molecule has 3 nitrogen and oxygen atoms in total. The van der Waals surface area contributed by atoms with Crippen LogP contribution in [0.2, 0.25) is 0 Å². The van der Waals surface area contributed by atoms with Crippen molar-refractivity contribution < 1.29 is 17.2 Å². The van der Waals surface area contributed by atoms with Gasteiger partial charge in [0, 0.05) is 29.4 Å². The Bertz CT molecular complexity index is 565. The molecular formula is C11H12BrF2NO2S2. The van der Waals surface area contributed by atoms with Crippen molar-refractivity contribution in [3.8, 4) is 0 Å². The van der Waals surface area contributed by atoms with Crippen molar-refractivity contribution in [3.63, 3.8) is 0 Å². The maximum atomic E-state index is 13.8. The third-order valence-corrected chi connectivity index (χ3v) is 7.04. The van der Waals surface area contributed by atoms with Crippen LogP contribution in [0.25, 0.3) is 0 Å². The quantitative estimate of drug-likeness (QED) is 0.819. The van der Waals surface area contributed by atoms with Gasteiger partial charge in [0.05, 0.1) is 0 Å². The molecule has 8 heteroatoms.